The highest BCUT2D eigenvalue weighted by Gasteiger charge is 2.36. The highest BCUT2D eigenvalue weighted by Crippen LogP contribution is 2.36. The molecule has 2 N–H and O–H groups in total. The molecule has 184 valence electrons. The number of aromatic nitrogens is 2. The third-order valence-corrected chi connectivity index (χ3v) is 9.11. The Morgan fingerprint density at radius 3 is 2.83 bits per heavy atom. The molecule has 0 bridgehead atoms. The zero-order valence-electron chi connectivity index (χ0n) is 19.7. The summed E-state index contributed by atoms with van der Waals surface area (Å²) in [6.45, 7) is 1.73. The van der Waals surface area contributed by atoms with Crippen LogP contribution in [0.3, 0.4) is 0 Å². The normalized spacial score (nSPS) is 21.4. The van der Waals surface area contributed by atoms with Gasteiger partial charge >= 0.3 is 0 Å². The van der Waals surface area contributed by atoms with Crippen LogP contribution in [0, 0.1) is 23.2 Å². The number of amides is 1. The molecule has 2 aromatic heterocycles. The van der Waals surface area contributed by atoms with E-state index in [2.05, 4.69) is 15.8 Å². The van der Waals surface area contributed by atoms with Gasteiger partial charge in [0, 0.05) is 37.5 Å². The monoisotopic (exact) mass is 493 g/mol. The minimum Gasteiger partial charge on any atom is -0.361 e. The average molecular weight is 494 g/mol. The molecular weight excluding hydrogens is 462 g/mol. The fourth-order valence-electron chi connectivity index (χ4n) is 5.68. The number of likely N-dealkylation sites (tertiary alicyclic amines) is 1. The van der Waals surface area contributed by atoms with E-state index in [0.717, 1.165) is 23.7 Å². The molecule has 1 amide bonds. The smallest absolute Gasteiger partial charge is 0.241 e. The molecule has 0 spiro atoms. The van der Waals surface area contributed by atoms with Gasteiger partial charge < -0.3 is 14.5 Å². The van der Waals surface area contributed by atoms with Gasteiger partial charge in [-0.3, -0.25) is 4.79 Å². The Bertz CT molecular complexity index is 1350. The van der Waals surface area contributed by atoms with E-state index in [-0.39, 0.29) is 17.2 Å². The number of nitrogens with one attached hydrogen (secondary N) is 2. The number of sulfonamides is 1. The number of fused-ring (bicyclic) bond motifs is 2. The van der Waals surface area contributed by atoms with Crippen LogP contribution in [0.2, 0.25) is 0 Å². The number of hydrogen-bond acceptors (Lipinski definition) is 4. The van der Waals surface area contributed by atoms with Gasteiger partial charge in [0.25, 0.3) is 0 Å². The van der Waals surface area contributed by atoms with Crippen LogP contribution in [0.1, 0.15) is 44.2 Å². The second kappa shape index (κ2) is 9.88. The summed E-state index contributed by atoms with van der Waals surface area (Å²) in [4.78, 5) is 18.7. The van der Waals surface area contributed by atoms with Crippen LogP contribution < -0.4 is 4.72 Å². The number of carbonyl (C=O) groups is 1. The molecule has 1 aliphatic carbocycles. The molecular formula is C26H31N5O3S. The number of hydrogen-bond donors (Lipinski definition) is 2. The van der Waals surface area contributed by atoms with Crippen LogP contribution in [-0.2, 0) is 21.4 Å². The van der Waals surface area contributed by atoms with Crippen molar-refractivity contribution >= 4 is 26.8 Å². The lowest BCUT2D eigenvalue weighted by Gasteiger charge is -2.42. The molecule has 9 heteroatoms. The minimum atomic E-state index is -3.93. The highest BCUT2D eigenvalue weighted by molar-refractivity contribution is 7.89. The van der Waals surface area contributed by atoms with Crippen molar-refractivity contribution < 1.29 is 13.2 Å². The predicted octanol–water partition coefficient (Wildman–Crippen LogP) is 3.62. The number of rotatable bonds is 7. The van der Waals surface area contributed by atoms with Gasteiger partial charge in [-0.25, -0.2) is 8.42 Å². The van der Waals surface area contributed by atoms with E-state index < -0.39 is 16.1 Å². The molecule has 1 saturated heterocycles. The van der Waals surface area contributed by atoms with Crippen molar-refractivity contribution in [3.05, 3.63) is 54.5 Å². The Balaban J connectivity index is 1.37. The molecule has 0 radical (unpaired) electrons. The van der Waals surface area contributed by atoms with Gasteiger partial charge in [0.15, 0.2) is 0 Å². The van der Waals surface area contributed by atoms with Gasteiger partial charge in [-0.2, -0.15) is 9.98 Å². The van der Waals surface area contributed by atoms with E-state index in [9.17, 15) is 18.5 Å². The third kappa shape index (κ3) is 5.00. The van der Waals surface area contributed by atoms with Crippen molar-refractivity contribution in [3.8, 4) is 6.07 Å². The number of piperidine rings is 1. The van der Waals surface area contributed by atoms with Crippen molar-refractivity contribution in [1.29, 1.82) is 5.26 Å². The van der Waals surface area contributed by atoms with Crippen LogP contribution in [0.4, 0.5) is 0 Å². The van der Waals surface area contributed by atoms with Crippen molar-refractivity contribution in [3.63, 3.8) is 0 Å². The van der Waals surface area contributed by atoms with Crippen molar-refractivity contribution in [2.24, 2.45) is 11.8 Å². The van der Waals surface area contributed by atoms with Crippen LogP contribution in [0.25, 0.3) is 10.9 Å². The fourth-order valence-corrected chi connectivity index (χ4v) is 6.93. The molecule has 35 heavy (non-hydrogen) atoms. The topological polar surface area (TPSA) is 111 Å². The maximum absolute atomic E-state index is 13.7. The molecule has 3 heterocycles. The molecule has 1 aromatic carbocycles. The fraction of sp³-hybridized carbons (Fsp3) is 0.462. The summed E-state index contributed by atoms with van der Waals surface area (Å²) in [6.07, 6.45) is 9.61. The van der Waals surface area contributed by atoms with Crippen LogP contribution in [0.5, 0.6) is 0 Å². The molecule has 1 unspecified atom stereocenters. The van der Waals surface area contributed by atoms with Crippen LogP contribution >= 0.6 is 0 Å². The predicted molar refractivity (Wildman–Crippen MR) is 133 cm³/mol. The summed E-state index contributed by atoms with van der Waals surface area (Å²) < 4.78 is 31.2. The standard InChI is InChI=1S/C26H31N5O3S/c27-17-22-6-3-13-30(22)15-11-24(26(32)31-14-10-19-4-1-2-5-21(19)18-31)29-35(33,34)23-8-7-20-9-12-28-25(20)16-23/h3,6-9,12-13,16,19,21,24,28-29H,1-2,4-5,10-11,14-15,18H2/t19-,21-,24?/m0/s1. The van der Waals surface area contributed by atoms with Crippen LogP contribution in [-0.4, -0.2) is 47.9 Å². The number of nitriles is 1. The molecule has 3 atom stereocenters. The van der Waals surface area contributed by atoms with E-state index in [0.29, 0.717) is 37.2 Å². The first-order valence-electron chi connectivity index (χ1n) is 12.4. The Kier molecular flexibility index (Phi) is 6.67. The van der Waals surface area contributed by atoms with E-state index in [1.54, 1.807) is 47.3 Å². The largest absolute Gasteiger partial charge is 0.361 e. The van der Waals surface area contributed by atoms with Gasteiger partial charge in [0.05, 0.1) is 4.90 Å². The maximum Gasteiger partial charge on any atom is 0.241 e. The molecule has 1 aliphatic heterocycles. The van der Waals surface area contributed by atoms with E-state index in [1.807, 2.05) is 11.0 Å². The lowest BCUT2D eigenvalue weighted by molar-refractivity contribution is -0.136. The Morgan fingerprint density at radius 2 is 2.00 bits per heavy atom. The Morgan fingerprint density at radius 1 is 1.17 bits per heavy atom. The van der Waals surface area contributed by atoms with Crippen LogP contribution in [0.15, 0.2) is 53.7 Å². The van der Waals surface area contributed by atoms with E-state index >= 15 is 0 Å². The summed E-state index contributed by atoms with van der Waals surface area (Å²) >= 11 is 0. The molecule has 8 nitrogen and oxygen atoms in total. The van der Waals surface area contributed by atoms with Gasteiger partial charge in [-0.15, -0.1) is 0 Å². The second-order valence-electron chi connectivity index (χ2n) is 9.77. The average Bonchev–Trinajstić information content (AvgIpc) is 3.54. The minimum absolute atomic E-state index is 0.120. The first-order valence-corrected chi connectivity index (χ1v) is 13.9. The number of aromatic amines is 1. The lowest BCUT2D eigenvalue weighted by Crippen LogP contribution is -2.53. The first-order chi connectivity index (χ1) is 16.9. The zero-order valence-corrected chi connectivity index (χ0v) is 20.5. The summed E-state index contributed by atoms with van der Waals surface area (Å²) in [5.41, 5.74) is 1.21. The molecule has 3 aromatic rings. The number of aryl methyl sites for hydroxylation is 1. The quantitative estimate of drug-likeness (QED) is 0.524. The van der Waals surface area contributed by atoms with Crippen molar-refractivity contribution in [1.82, 2.24) is 19.2 Å². The Hall–Kier alpha value is -3.09. The molecule has 2 fully saturated rings. The number of carbonyl (C=O) groups excluding carboxylic acids is 1. The summed E-state index contributed by atoms with van der Waals surface area (Å²) in [6, 6.07) is 11.5. The Labute approximate surface area is 206 Å². The second-order valence-corrected chi connectivity index (χ2v) is 11.5. The van der Waals surface area contributed by atoms with E-state index in [1.165, 1.54) is 19.3 Å². The maximum atomic E-state index is 13.7. The number of benzene rings is 1. The van der Waals surface area contributed by atoms with Gasteiger partial charge in [-0.05, 0) is 66.8 Å². The molecule has 5 rings (SSSR count). The third-order valence-electron chi connectivity index (χ3n) is 7.64. The van der Waals surface area contributed by atoms with E-state index in [4.69, 9.17) is 0 Å². The summed E-state index contributed by atoms with van der Waals surface area (Å²) in [5, 5.41) is 10.3. The number of nitrogens with zero attached hydrogens (tertiary/aromatic N) is 3. The zero-order chi connectivity index (χ0) is 24.4. The van der Waals surface area contributed by atoms with Crippen molar-refractivity contribution in [2.45, 2.75) is 56.0 Å². The number of H-pyrrole nitrogens is 1. The summed E-state index contributed by atoms with van der Waals surface area (Å²) in [7, 11) is -3.93. The first kappa shape index (κ1) is 23.6. The molecule has 1 saturated carbocycles. The van der Waals surface area contributed by atoms with Crippen molar-refractivity contribution in [2.75, 3.05) is 13.1 Å². The van der Waals surface area contributed by atoms with Gasteiger partial charge in [-0.1, -0.05) is 25.3 Å². The highest BCUT2D eigenvalue weighted by atomic mass is 32.2. The summed E-state index contributed by atoms with van der Waals surface area (Å²) in [5.74, 6) is 1.00. The SMILES string of the molecule is N#Cc1cccn1CCC(NS(=O)(=O)c1ccc2cc[nH]c2c1)C(=O)N1CC[C@@H]2CCCC[C@H]2C1. The van der Waals surface area contributed by atoms with Gasteiger partial charge in [0.1, 0.15) is 17.8 Å². The lowest BCUT2D eigenvalue weighted by atomic mass is 9.75. The molecule has 2 aliphatic rings. The van der Waals surface area contributed by atoms with Gasteiger partial charge in [0.2, 0.25) is 15.9 Å².